The van der Waals surface area contributed by atoms with E-state index in [2.05, 4.69) is 45.0 Å². The van der Waals surface area contributed by atoms with Crippen molar-refractivity contribution in [1.29, 1.82) is 0 Å². The molecular weight excluding hydrogens is 328 g/mol. The van der Waals surface area contributed by atoms with Crippen LogP contribution in [0.3, 0.4) is 0 Å². The van der Waals surface area contributed by atoms with E-state index in [0.717, 1.165) is 41.8 Å². The lowest BCUT2D eigenvalue weighted by molar-refractivity contribution is 0.641. The van der Waals surface area contributed by atoms with Gasteiger partial charge in [0.05, 0.1) is 22.4 Å². The van der Waals surface area contributed by atoms with Gasteiger partial charge in [-0.15, -0.1) is 0 Å². The largest absolute Gasteiger partial charge is 0.399 e. The normalized spacial score (nSPS) is 14.3. The molecule has 2 heterocycles. The maximum absolute atomic E-state index is 5.97. The molecule has 1 aromatic heterocycles. The number of nitrogen functional groups attached to an aromatic ring is 1. The second-order valence-electron chi connectivity index (χ2n) is 5.60. The highest BCUT2D eigenvalue weighted by atomic mass is 79.9. The Morgan fingerprint density at radius 1 is 1.38 bits per heavy atom. The van der Waals surface area contributed by atoms with Gasteiger partial charge in [0.15, 0.2) is 0 Å². The third-order valence-corrected chi connectivity index (χ3v) is 5.08. The van der Waals surface area contributed by atoms with Crippen molar-refractivity contribution < 1.29 is 0 Å². The molecule has 0 saturated carbocycles. The van der Waals surface area contributed by atoms with Crippen molar-refractivity contribution in [2.75, 3.05) is 17.2 Å². The third-order valence-electron chi connectivity index (χ3n) is 4.17. The van der Waals surface area contributed by atoms with E-state index in [4.69, 9.17) is 5.73 Å². The Bertz CT molecular complexity index is 663. The average Bonchev–Trinajstić information content (AvgIpc) is 2.75. The standard InChI is InChI=1S/C16H21BrN4/c1-3-13-16(17)15(20(2)19-13)10-21-8-4-5-11-6-7-12(18)9-14(11)21/h6-7,9H,3-5,8,10,18H2,1-2H3. The summed E-state index contributed by atoms with van der Waals surface area (Å²) in [5.74, 6) is 0. The topological polar surface area (TPSA) is 47.1 Å². The molecule has 0 saturated heterocycles. The van der Waals surface area contributed by atoms with Crippen molar-refractivity contribution in [3.05, 3.63) is 39.6 Å². The van der Waals surface area contributed by atoms with E-state index < -0.39 is 0 Å². The molecule has 0 amide bonds. The van der Waals surface area contributed by atoms with E-state index in [1.807, 2.05) is 17.8 Å². The van der Waals surface area contributed by atoms with E-state index in [0.29, 0.717) is 0 Å². The summed E-state index contributed by atoms with van der Waals surface area (Å²) >= 11 is 3.71. The Hall–Kier alpha value is -1.49. The fourth-order valence-corrected chi connectivity index (χ4v) is 3.75. The van der Waals surface area contributed by atoms with Gasteiger partial charge < -0.3 is 10.6 Å². The van der Waals surface area contributed by atoms with Gasteiger partial charge in [0.1, 0.15) is 0 Å². The number of hydrogen-bond acceptors (Lipinski definition) is 3. The van der Waals surface area contributed by atoms with E-state index in [1.54, 1.807) is 0 Å². The molecule has 0 fully saturated rings. The Morgan fingerprint density at radius 3 is 2.90 bits per heavy atom. The highest BCUT2D eigenvalue weighted by Crippen LogP contribution is 2.32. The first-order valence-electron chi connectivity index (χ1n) is 7.43. The van der Waals surface area contributed by atoms with Gasteiger partial charge in [-0.1, -0.05) is 13.0 Å². The van der Waals surface area contributed by atoms with Crippen molar-refractivity contribution in [2.45, 2.75) is 32.7 Å². The second kappa shape index (κ2) is 5.72. The Morgan fingerprint density at radius 2 is 2.19 bits per heavy atom. The molecule has 0 atom stereocenters. The molecule has 112 valence electrons. The highest BCUT2D eigenvalue weighted by molar-refractivity contribution is 9.10. The predicted molar refractivity (Wildman–Crippen MR) is 90.5 cm³/mol. The van der Waals surface area contributed by atoms with E-state index >= 15 is 0 Å². The van der Waals surface area contributed by atoms with Gasteiger partial charge in [0.25, 0.3) is 0 Å². The zero-order chi connectivity index (χ0) is 15.0. The molecule has 0 unspecified atom stereocenters. The summed E-state index contributed by atoms with van der Waals surface area (Å²) in [6, 6.07) is 6.25. The van der Waals surface area contributed by atoms with Crippen molar-refractivity contribution in [3.8, 4) is 0 Å². The fourth-order valence-electron chi connectivity index (χ4n) is 3.00. The molecule has 2 N–H and O–H groups in total. The molecule has 0 radical (unpaired) electrons. The molecule has 3 rings (SSSR count). The van der Waals surface area contributed by atoms with Crippen LogP contribution < -0.4 is 10.6 Å². The van der Waals surface area contributed by atoms with Gasteiger partial charge in [-0.3, -0.25) is 4.68 Å². The summed E-state index contributed by atoms with van der Waals surface area (Å²) in [4.78, 5) is 2.41. The smallest absolute Gasteiger partial charge is 0.0767 e. The van der Waals surface area contributed by atoms with Crippen LogP contribution in [0.2, 0.25) is 0 Å². The quantitative estimate of drug-likeness (QED) is 0.865. The summed E-state index contributed by atoms with van der Waals surface area (Å²) < 4.78 is 3.13. The number of rotatable bonds is 3. The van der Waals surface area contributed by atoms with Gasteiger partial charge in [-0.2, -0.15) is 5.10 Å². The zero-order valence-corrected chi connectivity index (χ0v) is 14.2. The molecule has 5 heteroatoms. The van der Waals surface area contributed by atoms with Gasteiger partial charge >= 0.3 is 0 Å². The molecule has 4 nitrogen and oxygen atoms in total. The van der Waals surface area contributed by atoms with Crippen LogP contribution in [-0.4, -0.2) is 16.3 Å². The fraction of sp³-hybridized carbons (Fsp3) is 0.438. The van der Waals surface area contributed by atoms with Crippen molar-refractivity contribution in [1.82, 2.24) is 9.78 Å². The summed E-state index contributed by atoms with van der Waals surface area (Å²) in [6.45, 7) is 4.06. The summed E-state index contributed by atoms with van der Waals surface area (Å²) in [5, 5.41) is 4.59. The number of fused-ring (bicyclic) bond motifs is 1. The number of nitrogens with zero attached hydrogens (tertiary/aromatic N) is 3. The van der Waals surface area contributed by atoms with Crippen LogP contribution in [0.15, 0.2) is 22.7 Å². The lowest BCUT2D eigenvalue weighted by Crippen LogP contribution is -2.30. The van der Waals surface area contributed by atoms with Crippen LogP contribution >= 0.6 is 15.9 Å². The number of nitrogens with two attached hydrogens (primary N) is 1. The SMILES string of the molecule is CCc1nn(C)c(CN2CCCc3ccc(N)cc32)c1Br. The summed E-state index contributed by atoms with van der Waals surface area (Å²) in [7, 11) is 2.02. The molecule has 1 aliphatic heterocycles. The summed E-state index contributed by atoms with van der Waals surface area (Å²) in [5.41, 5.74) is 11.8. The highest BCUT2D eigenvalue weighted by Gasteiger charge is 2.21. The minimum Gasteiger partial charge on any atom is -0.399 e. The van der Waals surface area contributed by atoms with Gasteiger partial charge in [0.2, 0.25) is 0 Å². The number of halogens is 1. The Labute approximate surface area is 134 Å². The van der Waals surface area contributed by atoms with E-state index in [1.165, 1.54) is 23.4 Å². The van der Waals surface area contributed by atoms with E-state index in [-0.39, 0.29) is 0 Å². The third kappa shape index (κ3) is 2.67. The Balaban J connectivity index is 1.94. The first-order valence-corrected chi connectivity index (χ1v) is 8.23. The van der Waals surface area contributed by atoms with Crippen LogP contribution in [0.25, 0.3) is 0 Å². The molecule has 1 aliphatic rings. The number of aryl methyl sites for hydroxylation is 3. The van der Waals surface area contributed by atoms with Crippen LogP contribution in [0.1, 0.15) is 30.3 Å². The molecule has 0 bridgehead atoms. The first-order chi connectivity index (χ1) is 10.1. The second-order valence-corrected chi connectivity index (χ2v) is 6.39. The monoisotopic (exact) mass is 348 g/mol. The lowest BCUT2D eigenvalue weighted by atomic mass is 10.0. The number of anilines is 2. The number of benzene rings is 1. The van der Waals surface area contributed by atoms with Crippen molar-refractivity contribution >= 4 is 27.3 Å². The maximum Gasteiger partial charge on any atom is 0.0767 e. The molecular formula is C16H21BrN4. The molecule has 0 aliphatic carbocycles. The van der Waals surface area contributed by atoms with E-state index in [9.17, 15) is 0 Å². The van der Waals surface area contributed by atoms with Crippen LogP contribution in [0.5, 0.6) is 0 Å². The minimum absolute atomic E-state index is 0.832. The van der Waals surface area contributed by atoms with Crippen LogP contribution in [0.4, 0.5) is 11.4 Å². The minimum atomic E-state index is 0.832. The van der Waals surface area contributed by atoms with Crippen molar-refractivity contribution in [3.63, 3.8) is 0 Å². The zero-order valence-electron chi connectivity index (χ0n) is 12.6. The van der Waals surface area contributed by atoms with Crippen LogP contribution in [-0.2, 0) is 26.4 Å². The van der Waals surface area contributed by atoms with Gasteiger partial charge in [0, 0.05) is 25.0 Å². The summed E-state index contributed by atoms with van der Waals surface area (Å²) in [6.07, 6.45) is 3.27. The lowest BCUT2D eigenvalue weighted by Gasteiger charge is -2.31. The van der Waals surface area contributed by atoms with Gasteiger partial charge in [-0.05, 0) is 52.9 Å². The maximum atomic E-state index is 5.97. The predicted octanol–water partition coefficient (Wildman–Crippen LogP) is 3.28. The molecule has 1 aromatic carbocycles. The van der Waals surface area contributed by atoms with Gasteiger partial charge in [-0.25, -0.2) is 0 Å². The Kier molecular flexibility index (Phi) is 3.93. The molecule has 2 aromatic rings. The average molecular weight is 349 g/mol. The molecule has 0 spiro atoms. The van der Waals surface area contributed by atoms with Crippen molar-refractivity contribution in [2.24, 2.45) is 7.05 Å². The number of aromatic nitrogens is 2. The molecule has 21 heavy (non-hydrogen) atoms. The van der Waals surface area contributed by atoms with Crippen LogP contribution in [0, 0.1) is 0 Å². The first kappa shape index (κ1) is 14.4. The number of hydrogen-bond donors (Lipinski definition) is 1.